The molecule has 1 fully saturated rings. The van der Waals surface area contributed by atoms with E-state index >= 15 is 0 Å². The minimum Gasteiger partial charge on any atom is -0.490 e. The Morgan fingerprint density at radius 1 is 1.32 bits per heavy atom. The zero-order chi connectivity index (χ0) is 15.8. The number of ether oxygens (including phenoxy) is 3. The molecule has 1 saturated heterocycles. The van der Waals surface area contributed by atoms with Gasteiger partial charge < -0.3 is 19.5 Å². The zero-order valence-electron chi connectivity index (χ0n) is 13.5. The predicted molar refractivity (Wildman–Crippen MR) is 91.8 cm³/mol. The summed E-state index contributed by atoms with van der Waals surface area (Å²) >= 11 is 3.60. The van der Waals surface area contributed by atoms with E-state index in [1.807, 2.05) is 6.92 Å². The van der Waals surface area contributed by atoms with E-state index in [0.717, 1.165) is 48.5 Å². The lowest BCUT2D eigenvalue weighted by atomic mass is 10.2. The maximum Gasteiger partial charge on any atom is 0.175 e. The van der Waals surface area contributed by atoms with Crippen LogP contribution < -0.4 is 14.8 Å². The van der Waals surface area contributed by atoms with Gasteiger partial charge in [0.05, 0.1) is 23.8 Å². The van der Waals surface area contributed by atoms with Crippen molar-refractivity contribution < 1.29 is 14.2 Å². The van der Waals surface area contributed by atoms with Gasteiger partial charge in [-0.3, -0.25) is 0 Å². The quantitative estimate of drug-likeness (QED) is 0.714. The molecule has 1 aromatic carbocycles. The molecule has 0 spiro atoms. The largest absolute Gasteiger partial charge is 0.490 e. The number of nitrogens with one attached hydrogen (secondary N) is 1. The Morgan fingerprint density at radius 3 is 2.86 bits per heavy atom. The molecule has 1 N–H and O–H groups in total. The average molecular weight is 372 g/mol. The van der Waals surface area contributed by atoms with Crippen LogP contribution in [0.5, 0.6) is 11.5 Å². The highest BCUT2D eigenvalue weighted by molar-refractivity contribution is 9.10. The van der Waals surface area contributed by atoms with Gasteiger partial charge in [-0.05, 0) is 59.8 Å². The lowest BCUT2D eigenvalue weighted by molar-refractivity contribution is 0.110. The molecule has 5 heteroatoms. The van der Waals surface area contributed by atoms with E-state index in [9.17, 15) is 0 Å². The lowest BCUT2D eigenvalue weighted by Crippen LogP contribution is -2.25. The Balaban J connectivity index is 1.97. The second kappa shape index (κ2) is 9.38. The molecule has 0 aromatic heterocycles. The minimum absolute atomic E-state index is 0.363. The van der Waals surface area contributed by atoms with Crippen LogP contribution >= 0.6 is 15.9 Å². The van der Waals surface area contributed by atoms with Crippen molar-refractivity contribution in [1.29, 1.82) is 0 Å². The number of halogens is 1. The van der Waals surface area contributed by atoms with E-state index in [4.69, 9.17) is 14.2 Å². The van der Waals surface area contributed by atoms with Crippen LogP contribution in [0.15, 0.2) is 16.6 Å². The third kappa shape index (κ3) is 5.14. The summed E-state index contributed by atoms with van der Waals surface area (Å²) in [5.41, 5.74) is 1.18. The molecule has 1 heterocycles. The maximum atomic E-state index is 5.80. The molecule has 0 radical (unpaired) electrons. The summed E-state index contributed by atoms with van der Waals surface area (Å²) in [5.74, 6) is 1.60. The first-order chi connectivity index (χ1) is 10.7. The SMILES string of the molecule is CCCOc1c(Br)cc(CNCC2CCCO2)cc1OCC. The van der Waals surface area contributed by atoms with Gasteiger partial charge in [-0.25, -0.2) is 0 Å². The predicted octanol–water partition coefficient (Wildman–Crippen LogP) is 3.91. The third-order valence-electron chi connectivity index (χ3n) is 3.54. The van der Waals surface area contributed by atoms with Gasteiger partial charge in [0.25, 0.3) is 0 Å². The monoisotopic (exact) mass is 371 g/mol. The van der Waals surface area contributed by atoms with E-state index < -0.39 is 0 Å². The second-order valence-electron chi connectivity index (χ2n) is 5.45. The smallest absolute Gasteiger partial charge is 0.175 e. The molecule has 1 atom stereocenters. The second-order valence-corrected chi connectivity index (χ2v) is 6.31. The molecule has 2 rings (SSSR count). The summed E-state index contributed by atoms with van der Waals surface area (Å²) in [5, 5.41) is 3.46. The van der Waals surface area contributed by atoms with Gasteiger partial charge in [-0.15, -0.1) is 0 Å². The first kappa shape index (κ1) is 17.6. The lowest BCUT2D eigenvalue weighted by Gasteiger charge is -2.16. The molecule has 124 valence electrons. The topological polar surface area (TPSA) is 39.7 Å². The van der Waals surface area contributed by atoms with Crippen molar-refractivity contribution in [3.63, 3.8) is 0 Å². The van der Waals surface area contributed by atoms with Crippen molar-refractivity contribution in [2.24, 2.45) is 0 Å². The van der Waals surface area contributed by atoms with Crippen LogP contribution in [0.4, 0.5) is 0 Å². The van der Waals surface area contributed by atoms with E-state index in [-0.39, 0.29) is 0 Å². The van der Waals surface area contributed by atoms with Crippen LogP contribution in [0.3, 0.4) is 0 Å². The summed E-state index contributed by atoms with van der Waals surface area (Å²) in [4.78, 5) is 0. The number of hydrogen-bond donors (Lipinski definition) is 1. The van der Waals surface area contributed by atoms with Gasteiger partial charge >= 0.3 is 0 Å². The Bertz CT molecular complexity index is 461. The third-order valence-corrected chi connectivity index (χ3v) is 4.13. The summed E-state index contributed by atoms with van der Waals surface area (Å²) in [6, 6.07) is 4.15. The van der Waals surface area contributed by atoms with Crippen LogP contribution in [0.1, 0.15) is 38.7 Å². The summed E-state index contributed by atoms with van der Waals surface area (Å²) in [6.45, 7) is 7.99. The molecule has 1 unspecified atom stereocenters. The molecular weight excluding hydrogens is 346 g/mol. The molecular formula is C17H26BrNO3. The molecule has 1 aromatic rings. The van der Waals surface area contributed by atoms with Gasteiger partial charge in [-0.2, -0.15) is 0 Å². The molecule has 1 aliphatic rings. The van der Waals surface area contributed by atoms with Crippen molar-refractivity contribution >= 4 is 15.9 Å². The zero-order valence-corrected chi connectivity index (χ0v) is 15.1. The van der Waals surface area contributed by atoms with E-state index in [0.29, 0.717) is 19.3 Å². The number of hydrogen-bond acceptors (Lipinski definition) is 4. The van der Waals surface area contributed by atoms with Gasteiger partial charge in [0.1, 0.15) is 0 Å². The van der Waals surface area contributed by atoms with Crippen LogP contribution in [-0.2, 0) is 11.3 Å². The molecule has 0 amide bonds. The fourth-order valence-corrected chi connectivity index (χ4v) is 3.12. The van der Waals surface area contributed by atoms with Crippen LogP contribution in [0.2, 0.25) is 0 Å². The van der Waals surface area contributed by atoms with Gasteiger partial charge in [0.2, 0.25) is 0 Å². The Morgan fingerprint density at radius 2 is 2.18 bits per heavy atom. The molecule has 1 aliphatic heterocycles. The highest BCUT2D eigenvalue weighted by Gasteiger charge is 2.15. The molecule has 0 aliphatic carbocycles. The van der Waals surface area contributed by atoms with Crippen molar-refractivity contribution in [3.8, 4) is 11.5 Å². The molecule has 22 heavy (non-hydrogen) atoms. The van der Waals surface area contributed by atoms with Crippen molar-refractivity contribution in [2.45, 2.75) is 45.8 Å². The highest BCUT2D eigenvalue weighted by Crippen LogP contribution is 2.37. The summed E-state index contributed by atoms with van der Waals surface area (Å²) in [7, 11) is 0. The van der Waals surface area contributed by atoms with Crippen LogP contribution in [-0.4, -0.2) is 32.5 Å². The first-order valence-corrected chi connectivity index (χ1v) is 8.94. The maximum absolute atomic E-state index is 5.80. The summed E-state index contributed by atoms with van der Waals surface area (Å²) < 4.78 is 18.1. The Kier molecular flexibility index (Phi) is 7.49. The van der Waals surface area contributed by atoms with E-state index in [1.165, 1.54) is 12.0 Å². The van der Waals surface area contributed by atoms with E-state index in [2.05, 4.69) is 40.3 Å². The first-order valence-electron chi connectivity index (χ1n) is 8.15. The number of benzene rings is 1. The van der Waals surface area contributed by atoms with Gasteiger partial charge in [0, 0.05) is 19.7 Å². The molecule has 0 bridgehead atoms. The Hall–Kier alpha value is -0.780. The minimum atomic E-state index is 0.363. The molecule has 0 saturated carbocycles. The number of rotatable bonds is 9. The van der Waals surface area contributed by atoms with Crippen molar-refractivity contribution in [1.82, 2.24) is 5.32 Å². The normalized spacial score (nSPS) is 17.7. The van der Waals surface area contributed by atoms with Gasteiger partial charge in [0.15, 0.2) is 11.5 Å². The fourth-order valence-electron chi connectivity index (χ4n) is 2.51. The van der Waals surface area contributed by atoms with Crippen LogP contribution in [0, 0.1) is 0 Å². The van der Waals surface area contributed by atoms with Crippen molar-refractivity contribution in [2.75, 3.05) is 26.4 Å². The molecule has 4 nitrogen and oxygen atoms in total. The highest BCUT2D eigenvalue weighted by atomic mass is 79.9. The standard InChI is InChI=1S/C17H26BrNO3/c1-3-7-22-17-15(18)9-13(10-16(17)20-4-2)11-19-12-14-6-5-8-21-14/h9-10,14,19H,3-8,11-12H2,1-2H3. The summed E-state index contributed by atoms with van der Waals surface area (Å²) in [6.07, 6.45) is 3.67. The Labute approximate surface area is 141 Å². The van der Waals surface area contributed by atoms with E-state index in [1.54, 1.807) is 0 Å². The van der Waals surface area contributed by atoms with Gasteiger partial charge in [-0.1, -0.05) is 6.92 Å². The van der Waals surface area contributed by atoms with Crippen LogP contribution in [0.25, 0.3) is 0 Å². The fraction of sp³-hybridized carbons (Fsp3) is 0.647. The van der Waals surface area contributed by atoms with Crippen molar-refractivity contribution in [3.05, 3.63) is 22.2 Å². The average Bonchev–Trinajstić information content (AvgIpc) is 3.00.